The molecule has 102 valence electrons. The Kier molecular flexibility index (Phi) is 5.52. The molecular weight excluding hydrogens is 224 g/mol. The third-order valence-electron chi connectivity index (χ3n) is 3.60. The van der Waals surface area contributed by atoms with Crippen molar-refractivity contribution in [3.05, 3.63) is 12.4 Å². The van der Waals surface area contributed by atoms with Gasteiger partial charge in [0.15, 0.2) is 0 Å². The van der Waals surface area contributed by atoms with Crippen molar-refractivity contribution >= 4 is 5.95 Å². The van der Waals surface area contributed by atoms with Crippen LogP contribution in [0.2, 0.25) is 0 Å². The number of hydrogen-bond donors (Lipinski definition) is 1. The highest BCUT2D eigenvalue weighted by atomic mass is 15.2. The minimum absolute atomic E-state index is 1.03. The Balaban J connectivity index is 1.64. The number of rotatable bonds is 8. The van der Waals surface area contributed by atoms with Crippen LogP contribution in [-0.2, 0) is 6.54 Å². The molecule has 0 bridgehead atoms. The summed E-state index contributed by atoms with van der Waals surface area (Å²) < 4.78 is 2.22. The fourth-order valence-corrected chi connectivity index (χ4v) is 2.49. The molecule has 2 rings (SSSR count). The van der Waals surface area contributed by atoms with E-state index in [1.54, 1.807) is 0 Å². The molecule has 1 aliphatic rings. The first-order valence-electron chi connectivity index (χ1n) is 7.37. The lowest BCUT2D eigenvalue weighted by molar-refractivity contribution is 0.337. The summed E-state index contributed by atoms with van der Waals surface area (Å²) in [4.78, 5) is 6.94. The van der Waals surface area contributed by atoms with Gasteiger partial charge in [-0.2, -0.15) is 0 Å². The van der Waals surface area contributed by atoms with Crippen molar-refractivity contribution in [2.75, 3.05) is 31.5 Å². The molecule has 0 saturated carbocycles. The van der Waals surface area contributed by atoms with Gasteiger partial charge in [0.2, 0.25) is 5.95 Å². The maximum atomic E-state index is 4.38. The SMILES string of the molecule is CCCCn1ccnc1NCCCN1CCCC1. The van der Waals surface area contributed by atoms with E-state index in [0.717, 1.165) is 19.0 Å². The highest BCUT2D eigenvalue weighted by molar-refractivity contribution is 5.25. The third kappa shape index (κ3) is 4.02. The van der Waals surface area contributed by atoms with Gasteiger partial charge in [-0.3, -0.25) is 0 Å². The van der Waals surface area contributed by atoms with Crippen LogP contribution in [0.15, 0.2) is 12.4 Å². The van der Waals surface area contributed by atoms with Crippen LogP contribution in [0.4, 0.5) is 5.95 Å². The minimum Gasteiger partial charge on any atom is -0.356 e. The van der Waals surface area contributed by atoms with Crippen molar-refractivity contribution in [1.29, 1.82) is 0 Å². The molecule has 4 nitrogen and oxygen atoms in total. The number of hydrogen-bond acceptors (Lipinski definition) is 3. The van der Waals surface area contributed by atoms with Crippen molar-refractivity contribution in [1.82, 2.24) is 14.5 Å². The van der Waals surface area contributed by atoms with E-state index in [-0.39, 0.29) is 0 Å². The molecule has 18 heavy (non-hydrogen) atoms. The van der Waals surface area contributed by atoms with Gasteiger partial charge in [-0.05, 0) is 45.3 Å². The first-order chi connectivity index (χ1) is 8.90. The Bertz CT molecular complexity index is 328. The summed E-state index contributed by atoms with van der Waals surface area (Å²) >= 11 is 0. The maximum Gasteiger partial charge on any atom is 0.202 e. The average molecular weight is 250 g/mol. The van der Waals surface area contributed by atoms with Gasteiger partial charge in [-0.25, -0.2) is 4.98 Å². The summed E-state index contributed by atoms with van der Waals surface area (Å²) in [6.45, 7) is 8.14. The number of likely N-dealkylation sites (tertiary alicyclic amines) is 1. The lowest BCUT2D eigenvalue weighted by Crippen LogP contribution is -2.22. The fourth-order valence-electron chi connectivity index (χ4n) is 2.49. The van der Waals surface area contributed by atoms with E-state index < -0.39 is 0 Å². The van der Waals surface area contributed by atoms with Crippen molar-refractivity contribution < 1.29 is 0 Å². The Morgan fingerprint density at radius 1 is 1.22 bits per heavy atom. The molecule has 1 aromatic heterocycles. The van der Waals surface area contributed by atoms with Gasteiger partial charge in [-0.1, -0.05) is 13.3 Å². The molecule has 1 fully saturated rings. The summed E-state index contributed by atoms with van der Waals surface area (Å²) in [5, 5.41) is 3.45. The van der Waals surface area contributed by atoms with Crippen LogP contribution in [0.5, 0.6) is 0 Å². The monoisotopic (exact) mass is 250 g/mol. The zero-order valence-corrected chi connectivity index (χ0v) is 11.6. The normalized spacial score (nSPS) is 16.3. The molecule has 0 aromatic carbocycles. The number of anilines is 1. The number of nitrogens with zero attached hydrogens (tertiary/aromatic N) is 3. The van der Waals surface area contributed by atoms with Crippen LogP contribution >= 0.6 is 0 Å². The van der Waals surface area contributed by atoms with Crippen LogP contribution < -0.4 is 5.32 Å². The largest absolute Gasteiger partial charge is 0.356 e. The van der Waals surface area contributed by atoms with Gasteiger partial charge in [0.05, 0.1) is 0 Å². The Hall–Kier alpha value is -1.03. The number of unbranched alkanes of at least 4 members (excludes halogenated alkanes) is 1. The Morgan fingerprint density at radius 3 is 2.83 bits per heavy atom. The van der Waals surface area contributed by atoms with Crippen molar-refractivity contribution in [3.8, 4) is 0 Å². The number of imidazole rings is 1. The molecule has 2 heterocycles. The zero-order valence-electron chi connectivity index (χ0n) is 11.6. The topological polar surface area (TPSA) is 33.1 Å². The van der Waals surface area contributed by atoms with Gasteiger partial charge in [-0.15, -0.1) is 0 Å². The molecular formula is C14H26N4. The molecule has 0 atom stereocenters. The van der Waals surface area contributed by atoms with Crippen LogP contribution in [0, 0.1) is 0 Å². The van der Waals surface area contributed by atoms with E-state index in [2.05, 4.69) is 32.9 Å². The average Bonchev–Trinajstić information content (AvgIpc) is 3.03. The van der Waals surface area contributed by atoms with E-state index in [0.29, 0.717) is 0 Å². The van der Waals surface area contributed by atoms with Gasteiger partial charge in [0.25, 0.3) is 0 Å². The quantitative estimate of drug-likeness (QED) is 0.720. The lowest BCUT2D eigenvalue weighted by Gasteiger charge is -2.15. The second-order valence-corrected chi connectivity index (χ2v) is 5.13. The molecule has 4 heteroatoms. The van der Waals surface area contributed by atoms with Crippen LogP contribution in [0.1, 0.15) is 39.0 Å². The second kappa shape index (κ2) is 7.41. The van der Waals surface area contributed by atoms with E-state index in [1.165, 1.54) is 51.7 Å². The maximum absolute atomic E-state index is 4.38. The summed E-state index contributed by atoms with van der Waals surface area (Å²) in [6.07, 6.45) is 10.4. The summed E-state index contributed by atoms with van der Waals surface area (Å²) in [5.74, 6) is 1.03. The first-order valence-corrected chi connectivity index (χ1v) is 7.37. The molecule has 0 unspecified atom stereocenters. The van der Waals surface area contributed by atoms with Crippen LogP contribution in [0.3, 0.4) is 0 Å². The molecule has 1 aliphatic heterocycles. The fraction of sp³-hybridized carbons (Fsp3) is 0.786. The second-order valence-electron chi connectivity index (χ2n) is 5.13. The molecule has 1 N–H and O–H groups in total. The first kappa shape index (κ1) is 13.4. The highest BCUT2D eigenvalue weighted by Gasteiger charge is 2.10. The number of aromatic nitrogens is 2. The molecule has 0 amide bonds. The predicted molar refractivity (Wildman–Crippen MR) is 75.9 cm³/mol. The predicted octanol–water partition coefficient (Wildman–Crippen LogP) is 2.58. The van der Waals surface area contributed by atoms with E-state index in [1.807, 2.05) is 6.20 Å². The summed E-state index contributed by atoms with van der Waals surface area (Å²) in [5.41, 5.74) is 0. The molecule has 1 saturated heterocycles. The molecule has 1 aromatic rings. The zero-order chi connectivity index (χ0) is 12.6. The van der Waals surface area contributed by atoms with Gasteiger partial charge in [0, 0.05) is 25.5 Å². The molecule has 0 spiro atoms. The van der Waals surface area contributed by atoms with Gasteiger partial charge >= 0.3 is 0 Å². The number of nitrogens with one attached hydrogen (secondary N) is 1. The minimum atomic E-state index is 1.03. The van der Waals surface area contributed by atoms with Gasteiger partial charge in [0.1, 0.15) is 0 Å². The van der Waals surface area contributed by atoms with E-state index in [9.17, 15) is 0 Å². The lowest BCUT2D eigenvalue weighted by atomic mass is 10.3. The Morgan fingerprint density at radius 2 is 2.06 bits per heavy atom. The summed E-state index contributed by atoms with van der Waals surface area (Å²) in [6, 6.07) is 0. The van der Waals surface area contributed by atoms with E-state index >= 15 is 0 Å². The molecule has 0 aliphatic carbocycles. The smallest absolute Gasteiger partial charge is 0.202 e. The molecule has 0 radical (unpaired) electrons. The van der Waals surface area contributed by atoms with Gasteiger partial charge < -0.3 is 14.8 Å². The standard InChI is InChI=1S/C14H26N4/c1-2-3-12-18-13-8-16-14(18)15-7-6-11-17-9-4-5-10-17/h8,13H,2-7,9-12H2,1H3,(H,15,16). The van der Waals surface area contributed by atoms with Crippen molar-refractivity contribution in [3.63, 3.8) is 0 Å². The van der Waals surface area contributed by atoms with Crippen molar-refractivity contribution in [2.24, 2.45) is 0 Å². The summed E-state index contributed by atoms with van der Waals surface area (Å²) in [7, 11) is 0. The van der Waals surface area contributed by atoms with E-state index in [4.69, 9.17) is 0 Å². The highest BCUT2D eigenvalue weighted by Crippen LogP contribution is 2.09. The van der Waals surface area contributed by atoms with Crippen LogP contribution in [-0.4, -0.2) is 40.6 Å². The number of aryl methyl sites for hydroxylation is 1. The Labute approximate surface area is 110 Å². The van der Waals surface area contributed by atoms with Crippen molar-refractivity contribution in [2.45, 2.75) is 45.6 Å². The van der Waals surface area contributed by atoms with Crippen LogP contribution in [0.25, 0.3) is 0 Å². The third-order valence-corrected chi connectivity index (χ3v) is 3.60.